The number of unbranched alkanes of at least 4 members (excludes halogenated alkanes) is 1. The lowest BCUT2D eigenvalue weighted by Gasteiger charge is -2.03. The molecule has 0 spiro atoms. The Bertz CT molecular complexity index is 392. The summed E-state index contributed by atoms with van der Waals surface area (Å²) in [5.41, 5.74) is 5.73. The van der Waals surface area contributed by atoms with E-state index in [1.54, 1.807) is 0 Å². The van der Waals surface area contributed by atoms with Gasteiger partial charge in [0.1, 0.15) is 0 Å². The zero-order valence-electron chi connectivity index (χ0n) is 12.6. The molecule has 7 heteroatoms. The Morgan fingerprint density at radius 3 is 2.75 bits per heavy atom. The van der Waals surface area contributed by atoms with E-state index >= 15 is 0 Å². The second kappa shape index (κ2) is 10.9. The Balaban J connectivity index is 0.00000361. The van der Waals surface area contributed by atoms with Gasteiger partial charge in [-0.25, -0.2) is 0 Å². The van der Waals surface area contributed by atoms with E-state index in [0.717, 1.165) is 38.1 Å². The molecule has 3 N–H and O–H groups in total. The van der Waals surface area contributed by atoms with Gasteiger partial charge in [-0.2, -0.15) is 4.98 Å². The van der Waals surface area contributed by atoms with E-state index in [2.05, 4.69) is 27.4 Å². The standard InChI is InChI=1S/C13H25N5O.HI/c1-4-5-8-15-13(14)16-9-6-7-11-17-12(10(2)3)18-19-11;/h10H,4-9H2,1-3H3,(H3,14,15,16);1H. The molecular weight excluding hydrogens is 369 g/mol. The topological polar surface area (TPSA) is 89.3 Å². The van der Waals surface area contributed by atoms with E-state index in [4.69, 9.17) is 10.3 Å². The Hall–Kier alpha value is -0.860. The third-order valence-corrected chi connectivity index (χ3v) is 2.67. The second-order valence-corrected chi connectivity index (χ2v) is 4.85. The summed E-state index contributed by atoms with van der Waals surface area (Å²) in [6.07, 6.45) is 3.85. The third kappa shape index (κ3) is 7.66. The zero-order valence-corrected chi connectivity index (χ0v) is 14.9. The summed E-state index contributed by atoms with van der Waals surface area (Å²) < 4.78 is 5.16. The van der Waals surface area contributed by atoms with E-state index in [-0.39, 0.29) is 24.0 Å². The molecule has 0 saturated carbocycles. The van der Waals surface area contributed by atoms with Crippen LogP contribution >= 0.6 is 24.0 Å². The van der Waals surface area contributed by atoms with E-state index in [9.17, 15) is 0 Å². The fourth-order valence-corrected chi connectivity index (χ4v) is 1.48. The quantitative estimate of drug-likeness (QED) is 0.306. The van der Waals surface area contributed by atoms with Gasteiger partial charge in [0.05, 0.1) is 0 Å². The molecule has 0 amide bonds. The van der Waals surface area contributed by atoms with Crippen molar-refractivity contribution >= 4 is 29.9 Å². The number of hydrogen-bond acceptors (Lipinski definition) is 4. The van der Waals surface area contributed by atoms with Crippen LogP contribution in [0.3, 0.4) is 0 Å². The highest BCUT2D eigenvalue weighted by Crippen LogP contribution is 2.10. The first-order valence-electron chi connectivity index (χ1n) is 6.99. The average molecular weight is 395 g/mol. The number of nitrogens with one attached hydrogen (secondary N) is 1. The van der Waals surface area contributed by atoms with Gasteiger partial charge in [0, 0.05) is 25.4 Å². The van der Waals surface area contributed by atoms with Crippen molar-refractivity contribution in [3.8, 4) is 0 Å². The number of guanidine groups is 1. The van der Waals surface area contributed by atoms with Crippen LogP contribution < -0.4 is 11.1 Å². The maximum atomic E-state index is 5.73. The van der Waals surface area contributed by atoms with Crippen LogP contribution in [0.5, 0.6) is 0 Å². The molecular formula is C13H26IN5O. The van der Waals surface area contributed by atoms with Crippen LogP contribution in [-0.2, 0) is 6.42 Å². The summed E-state index contributed by atoms with van der Waals surface area (Å²) in [6.45, 7) is 7.78. The van der Waals surface area contributed by atoms with Crippen LogP contribution in [0.1, 0.15) is 57.7 Å². The third-order valence-electron chi connectivity index (χ3n) is 2.67. The molecule has 6 nitrogen and oxygen atoms in total. The molecule has 0 saturated heterocycles. The lowest BCUT2D eigenvalue weighted by Crippen LogP contribution is -2.32. The SMILES string of the molecule is CCCCNC(N)=NCCCc1nc(C(C)C)no1.I. The second-order valence-electron chi connectivity index (χ2n) is 4.85. The van der Waals surface area contributed by atoms with Crippen LogP contribution in [0.25, 0.3) is 0 Å². The summed E-state index contributed by atoms with van der Waals surface area (Å²) >= 11 is 0. The Labute approximate surface area is 138 Å². The maximum Gasteiger partial charge on any atom is 0.226 e. The van der Waals surface area contributed by atoms with Gasteiger partial charge in [0.2, 0.25) is 5.89 Å². The number of rotatable bonds is 8. The highest BCUT2D eigenvalue weighted by Gasteiger charge is 2.08. The van der Waals surface area contributed by atoms with E-state index in [1.165, 1.54) is 0 Å². The Morgan fingerprint density at radius 2 is 2.15 bits per heavy atom. The van der Waals surface area contributed by atoms with Crippen LogP contribution in [0.2, 0.25) is 0 Å². The monoisotopic (exact) mass is 395 g/mol. The molecule has 0 unspecified atom stereocenters. The number of aryl methyl sites for hydroxylation is 1. The average Bonchev–Trinajstić information content (AvgIpc) is 2.84. The number of nitrogens with two attached hydrogens (primary N) is 1. The molecule has 0 fully saturated rings. The number of nitrogens with zero attached hydrogens (tertiary/aromatic N) is 3. The number of hydrogen-bond donors (Lipinski definition) is 2. The van der Waals surface area contributed by atoms with Gasteiger partial charge in [-0.05, 0) is 12.8 Å². The first kappa shape index (κ1) is 19.1. The van der Waals surface area contributed by atoms with Crippen LogP contribution in [0, 0.1) is 0 Å². The molecule has 1 aromatic heterocycles. The van der Waals surface area contributed by atoms with Gasteiger partial charge < -0.3 is 15.6 Å². The summed E-state index contributed by atoms with van der Waals surface area (Å²) in [5, 5.41) is 7.00. The molecule has 0 aromatic carbocycles. The summed E-state index contributed by atoms with van der Waals surface area (Å²) in [5.74, 6) is 2.26. The Kier molecular flexibility index (Phi) is 10.4. The van der Waals surface area contributed by atoms with Crippen molar-refractivity contribution in [2.75, 3.05) is 13.1 Å². The molecule has 1 heterocycles. The highest BCUT2D eigenvalue weighted by molar-refractivity contribution is 14.0. The molecule has 0 aliphatic heterocycles. The molecule has 0 radical (unpaired) electrons. The summed E-state index contributed by atoms with van der Waals surface area (Å²) in [6, 6.07) is 0. The normalized spacial score (nSPS) is 11.5. The predicted molar refractivity (Wildman–Crippen MR) is 91.5 cm³/mol. The van der Waals surface area contributed by atoms with Crippen LogP contribution in [0.15, 0.2) is 9.52 Å². The molecule has 0 aliphatic carbocycles. The van der Waals surface area contributed by atoms with Crippen molar-refractivity contribution in [2.45, 2.75) is 52.4 Å². The van der Waals surface area contributed by atoms with E-state index in [0.29, 0.717) is 24.3 Å². The van der Waals surface area contributed by atoms with E-state index < -0.39 is 0 Å². The molecule has 116 valence electrons. The first-order chi connectivity index (χ1) is 9.13. The lowest BCUT2D eigenvalue weighted by molar-refractivity contribution is 0.369. The van der Waals surface area contributed by atoms with Crippen LogP contribution in [-0.4, -0.2) is 29.2 Å². The van der Waals surface area contributed by atoms with Gasteiger partial charge in [0.15, 0.2) is 11.8 Å². The largest absolute Gasteiger partial charge is 0.370 e. The number of halogens is 1. The smallest absolute Gasteiger partial charge is 0.226 e. The van der Waals surface area contributed by atoms with Gasteiger partial charge in [-0.3, -0.25) is 4.99 Å². The molecule has 1 rings (SSSR count). The van der Waals surface area contributed by atoms with Crippen molar-refractivity contribution in [2.24, 2.45) is 10.7 Å². The highest BCUT2D eigenvalue weighted by atomic mass is 127. The zero-order chi connectivity index (χ0) is 14.1. The maximum absolute atomic E-state index is 5.73. The van der Waals surface area contributed by atoms with Crippen molar-refractivity contribution in [1.82, 2.24) is 15.5 Å². The number of aromatic nitrogens is 2. The van der Waals surface area contributed by atoms with Crippen molar-refractivity contribution < 1.29 is 4.52 Å². The minimum absolute atomic E-state index is 0. The van der Waals surface area contributed by atoms with Gasteiger partial charge in [-0.15, -0.1) is 24.0 Å². The lowest BCUT2D eigenvalue weighted by atomic mass is 10.2. The minimum atomic E-state index is 0. The van der Waals surface area contributed by atoms with Crippen molar-refractivity contribution in [3.63, 3.8) is 0 Å². The Morgan fingerprint density at radius 1 is 1.40 bits per heavy atom. The predicted octanol–water partition coefficient (Wildman–Crippen LogP) is 2.45. The van der Waals surface area contributed by atoms with Gasteiger partial charge in [0.25, 0.3) is 0 Å². The van der Waals surface area contributed by atoms with Gasteiger partial charge in [-0.1, -0.05) is 32.3 Å². The van der Waals surface area contributed by atoms with Crippen molar-refractivity contribution in [3.05, 3.63) is 11.7 Å². The fraction of sp³-hybridized carbons (Fsp3) is 0.769. The fourth-order valence-electron chi connectivity index (χ4n) is 1.48. The minimum Gasteiger partial charge on any atom is -0.370 e. The summed E-state index contributed by atoms with van der Waals surface area (Å²) in [7, 11) is 0. The van der Waals surface area contributed by atoms with Gasteiger partial charge >= 0.3 is 0 Å². The van der Waals surface area contributed by atoms with E-state index in [1.807, 2.05) is 13.8 Å². The summed E-state index contributed by atoms with van der Waals surface area (Å²) in [4.78, 5) is 8.56. The van der Waals surface area contributed by atoms with Crippen LogP contribution in [0.4, 0.5) is 0 Å². The van der Waals surface area contributed by atoms with Crippen molar-refractivity contribution in [1.29, 1.82) is 0 Å². The molecule has 20 heavy (non-hydrogen) atoms. The molecule has 0 bridgehead atoms. The molecule has 0 atom stereocenters. The molecule has 1 aromatic rings. The first-order valence-corrected chi connectivity index (χ1v) is 6.99. The molecule has 0 aliphatic rings. The number of aliphatic imine (C=N–C) groups is 1.